The predicted molar refractivity (Wildman–Crippen MR) is 127 cm³/mol. The van der Waals surface area contributed by atoms with Gasteiger partial charge in [0.2, 0.25) is 11.9 Å². The first-order valence-corrected chi connectivity index (χ1v) is 11.2. The lowest BCUT2D eigenvalue weighted by molar-refractivity contribution is -0.143. The molecule has 2 amide bonds. The van der Waals surface area contributed by atoms with E-state index in [1.165, 1.54) is 11.8 Å². The van der Waals surface area contributed by atoms with E-state index in [0.29, 0.717) is 18.7 Å². The highest BCUT2D eigenvalue weighted by Gasteiger charge is 2.35. The van der Waals surface area contributed by atoms with Gasteiger partial charge in [-0.2, -0.15) is 18.2 Å². The van der Waals surface area contributed by atoms with Gasteiger partial charge in [0, 0.05) is 36.4 Å². The van der Waals surface area contributed by atoms with Crippen LogP contribution in [-0.4, -0.2) is 68.3 Å². The maximum Gasteiger partial charge on any atom is 0.401 e. The topological polar surface area (TPSA) is 157 Å². The first kappa shape index (κ1) is 25.2. The third-order valence-electron chi connectivity index (χ3n) is 5.97. The minimum absolute atomic E-state index is 0.0218. The van der Waals surface area contributed by atoms with Crippen molar-refractivity contribution in [3.63, 3.8) is 0 Å². The Labute approximate surface area is 204 Å². The van der Waals surface area contributed by atoms with E-state index in [2.05, 4.69) is 25.8 Å². The molecule has 6 N–H and O–H groups in total. The number of likely N-dealkylation sites (tertiary alicyclic amines) is 1. The second-order valence-electron chi connectivity index (χ2n) is 8.85. The lowest BCUT2D eigenvalue weighted by Crippen LogP contribution is -2.33. The molecule has 0 radical (unpaired) electrons. The Bertz CT molecular complexity index is 1310. The Balaban J connectivity index is 1.66. The van der Waals surface area contributed by atoms with Crippen LogP contribution in [0.5, 0.6) is 0 Å². The molecule has 1 aliphatic rings. The quantitative estimate of drug-likeness (QED) is 0.362. The van der Waals surface area contributed by atoms with Crippen molar-refractivity contribution in [1.29, 1.82) is 0 Å². The van der Waals surface area contributed by atoms with E-state index < -0.39 is 30.6 Å². The van der Waals surface area contributed by atoms with Gasteiger partial charge in [-0.1, -0.05) is 0 Å². The Morgan fingerprint density at radius 3 is 2.67 bits per heavy atom. The highest BCUT2D eigenvalue weighted by molar-refractivity contribution is 5.99. The van der Waals surface area contributed by atoms with Gasteiger partial charge in [-0.05, 0) is 44.0 Å². The molecule has 1 saturated heterocycles. The number of fused-ring (bicyclic) bond motifs is 1. The number of nitrogens with one attached hydrogen (secondary N) is 2. The van der Waals surface area contributed by atoms with Gasteiger partial charge in [0.25, 0.3) is 5.91 Å². The average Bonchev–Trinajstić information content (AvgIpc) is 3.39. The summed E-state index contributed by atoms with van der Waals surface area (Å²) >= 11 is 0. The fraction of sp³-hybridized carbons (Fsp3) is 0.409. The molecule has 0 spiro atoms. The van der Waals surface area contributed by atoms with Crippen molar-refractivity contribution in [3.05, 3.63) is 35.7 Å². The number of benzene rings is 1. The second kappa shape index (κ2) is 9.60. The zero-order valence-corrected chi connectivity index (χ0v) is 19.6. The second-order valence-corrected chi connectivity index (χ2v) is 8.85. The number of primary amides is 2. The normalized spacial score (nSPS) is 17.3. The van der Waals surface area contributed by atoms with Crippen molar-refractivity contribution >= 4 is 40.2 Å². The van der Waals surface area contributed by atoms with Crippen molar-refractivity contribution in [3.8, 4) is 0 Å². The predicted octanol–water partition coefficient (Wildman–Crippen LogP) is 2.07. The zero-order chi connectivity index (χ0) is 26.2. The van der Waals surface area contributed by atoms with Gasteiger partial charge in [0.05, 0.1) is 12.1 Å². The molecule has 1 aliphatic heterocycles. The number of hydrogen-bond acceptors (Lipinski definition) is 8. The van der Waals surface area contributed by atoms with E-state index in [0.717, 1.165) is 16.5 Å². The highest BCUT2D eigenvalue weighted by atomic mass is 19.4. The van der Waals surface area contributed by atoms with Crippen LogP contribution < -0.4 is 22.1 Å². The molecule has 14 heteroatoms. The standard InChI is InChI=1S/C22H26F3N9O2/c1-11-7-15(29-20-17(19(27)36)31-32-21(30-20)28-12(2)18(26)35)14-4-6-34(16(14)8-11)13-3-5-33(9-13)10-22(23,24)25/h4,6-8,12-13H,3,5,9-10H2,1-2H3,(H2,26,35)(H2,27,36)(H2,28,29,30,32)/t12-,13-/m1/s1. The molecule has 2 atom stereocenters. The third-order valence-corrected chi connectivity index (χ3v) is 5.97. The van der Waals surface area contributed by atoms with Gasteiger partial charge in [-0.25, -0.2) is 0 Å². The Morgan fingerprint density at radius 1 is 1.25 bits per heavy atom. The summed E-state index contributed by atoms with van der Waals surface area (Å²) in [5, 5.41) is 14.2. The minimum Gasteiger partial charge on any atom is -0.368 e. The molecule has 36 heavy (non-hydrogen) atoms. The van der Waals surface area contributed by atoms with Crippen LogP contribution in [0, 0.1) is 6.92 Å². The summed E-state index contributed by atoms with van der Waals surface area (Å²) in [4.78, 5) is 29.0. The molecule has 1 fully saturated rings. The molecule has 4 rings (SSSR count). The molecule has 3 aromatic rings. The molecule has 1 aromatic carbocycles. The smallest absolute Gasteiger partial charge is 0.368 e. The lowest BCUT2D eigenvalue weighted by atomic mass is 10.1. The van der Waals surface area contributed by atoms with Crippen LogP contribution in [-0.2, 0) is 4.79 Å². The van der Waals surface area contributed by atoms with Gasteiger partial charge in [0.1, 0.15) is 6.04 Å². The van der Waals surface area contributed by atoms with Gasteiger partial charge in [0.15, 0.2) is 11.5 Å². The summed E-state index contributed by atoms with van der Waals surface area (Å²) < 4.78 is 40.5. The number of anilines is 3. The number of nitrogens with zero attached hydrogens (tertiary/aromatic N) is 5. The average molecular weight is 506 g/mol. The number of carbonyl (C=O) groups excluding carboxylic acids is 2. The molecule has 11 nitrogen and oxygen atoms in total. The number of nitrogens with two attached hydrogens (primary N) is 2. The van der Waals surface area contributed by atoms with Crippen LogP contribution in [0.1, 0.15) is 35.4 Å². The number of hydrogen-bond donors (Lipinski definition) is 4. The van der Waals surface area contributed by atoms with Crippen molar-refractivity contribution in [1.82, 2.24) is 24.6 Å². The zero-order valence-electron chi connectivity index (χ0n) is 19.6. The number of halogens is 3. The molecule has 3 heterocycles. The van der Waals surface area contributed by atoms with E-state index in [1.807, 2.05) is 35.9 Å². The molecule has 2 aromatic heterocycles. The van der Waals surface area contributed by atoms with Gasteiger partial charge >= 0.3 is 6.18 Å². The highest BCUT2D eigenvalue weighted by Crippen LogP contribution is 2.34. The molecule has 192 valence electrons. The molecule has 0 bridgehead atoms. The van der Waals surface area contributed by atoms with Crippen LogP contribution in [0.3, 0.4) is 0 Å². The summed E-state index contributed by atoms with van der Waals surface area (Å²) in [6, 6.07) is 4.72. The molecular weight excluding hydrogens is 479 g/mol. The van der Waals surface area contributed by atoms with Crippen LogP contribution in [0.15, 0.2) is 24.4 Å². The number of amides is 2. The number of rotatable bonds is 8. The summed E-state index contributed by atoms with van der Waals surface area (Å²) in [6.45, 7) is 3.10. The van der Waals surface area contributed by atoms with E-state index >= 15 is 0 Å². The maximum atomic E-state index is 12.8. The third kappa shape index (κ3) is 5.48. The van der Waals surface area contributed by atoms with E-state index in [9.17, 15) is 22.8 Å². The summed E-state index contributed by atoms with van der Waals surface area (Å²) in [6.07, 6.45) is -1.81. The van der Waals surface area contributed by atoms with E-state index in [1.54, 1.807) is 0 Å². The monoisotopic (exact) mass is 505 g/mol. The van der Waals surface area contributed by atoms with Crippen LogP contribution in [0.4, 0.5) is 30.6 Å². The molecule has 0 unspecified atom stereocenters. The van der Waals surface area contributed by atoms with Crippen molar-refractivity contribution < 1.29 is 22.8 Å². The van der Waals surface area contributed by atoms with E-state index in [-0.39, 0.29) is 30.0 Å². The van der Waals surface area contributed by atoms with Gasteiger partial charge < -0.3 is 26.7 Å². The number of aryl methyl sites for hydroxylation is 1. The minimum atomic E-state index is -4.24. The van der Waals surface area contributed by atoms with Crippen LogP contribution in [0.2, 0.25) is 0 Å². The maximum absolute atomic E-state index is 12.8. The number of aromatic nitrogens is 4. The van der Waals surface area contributed by atoms with Gasteiger partial charge in [-0.15, -0.1) is 10.2 Å². The molecule has 0 aliphatic carbocycles. The molecular formula is C22H26F3N9O2. The summed E-state index contributed by atoms with van der Waals surface area (Å²) in [5.74, 6) is -1.50. The van der Waals surface area contributed by atoms with E-state index in [4.69, 9.17) is 11.5 Å². The van der Waals surface area contributed by atoms with Crippen molar-refractivity contribution in [2.24, 2.45) is 11.5 Å². The largest absolute Gasteiger partial charge is 0.401 e. The molecule has 0 saturated carbocycles. The Kier molecular flexibility index (Phi) is 6.71. The Hall–Kier alpha value is -3.94. The Morgan fingerprint density at radius 2 is 2.00 bits per heavy atom. The first-order chi connectivity index (χ1) is 16.9. The lowest BCUT2D eigenvalue weighted by Gasteiger charge is -2.19. The SMILES string of the molecule is Cc1cc(Nc2nc(N[C@H](C)C(N)=O)nnc2C(N)=O)c2ccn([C@@H]3CCN(CC(F)(F)F)C3)c2c1. The fourth-order valence-corrected chi connectivity index (χ4v) is 4.29. The number of carbonyl (C=O) groups is 2. The number of alkyl halides is 3. The van der Waals surface area contributed by atoms with Gasteiger partial charge in [-0.3, -0.25) is 14.5 Å². The van der Waals surface area contributed by atoms with Crippen molar-refractivity contribution in [2.75, 3.05) is 30.3 Å². The van der Waals surface area contributed by atoms with Crippen molar-refractivity contribution in [2.45, 2.75) is 38.5 Å². The van der Waals surface area contributed by atoms with Crippen LogP contribution in [0.25, 0.3) is 10.9 Å². The summed E-state index contributed by atoms with van der Waals surface area (Å²) in [7, 11) is 0. The summed E-state index contributed by atoms with van der Waals surface area (Å²) in [5.41, 5.74) is 12.8. The van der Waals surface area contributed by atoms with Crippen LogP contribution >= 0.6 is 0 Å². The fourth-order valence-electron chi connectivity index (χ4n) is 4.29. The first-order valence-electron chi connectivity index (χ1n) is 11.2.